The molecule has 1 unspecified atom stereocenters. The quantitative estimate of drug-likeness (QED) is 0.648. The summed E-state index contributed by atoms with van der Waals surface area (Å²) in [6.07, 6.45) is -10.1. The summed E-state index contributed by atoms with van der Waals surface area (Å²) < 4.78 is 75.1. The van der Waals surface area contributed by atoms with E-state index in [2.05, 4.69) is 4.74 Å². The van der Waals surface area contributed by atoms with Crippen LogP contribution in [0.25, 0.3) is 0 Å². The molecule has 1 atom stereocenters. The summed E-state index contributed by atoms with van der Waals surface area (Å²) in [7, 11) is 1.08. The van der Waals surface area contributed by atoms with Crippen molar-refractivity contribution in [2.45, 2.75) is 24.7 Å². The van der Waals surface area contributed by atoms with Gasteiger partial charge in [0, 0.05) is 20.1 Å². The summed E-state index contributed by atoms with van der Waals surface area (Å²) in [5.41, 5.74) is 0. The molecule has 0 rings (SSSR count). The van der Waals surface area contributed by atoms with Crippen LogP contribution in [-0.4, -0.2) is 32.0 Å². The van der Waals surface area contributed by atoms with Crippen LogP contribution >= 0.6 is 0 Å². The van der Waals surface area contributed by atoms with Crippen LogP contribution in [0.4, 0.5) is 26.3 Å². The van der Waals surface area contributed by atoms with Gasteiger partial charge in [-0.1, -0.05) is 0 Å². The van der Waals surface area contributed by atoms with Gasteiger partial charge in [0.15, 0.2) is 6.17 Å². The number of halogens is 6. The smallest absolute Gasteiger partial charge is 0.385 e. The molecule has 0 bridgehead atoms. The van der Waals surface area contributed by atoms with Gasteiger partial charge in [0.1, 0.15) is 0 Å². The van der Waals surface area contributed by atoms with E-state index in [9.17, 15) is 26.3 Å². The monoisotopic (exact) mass is 210 g/mol. The maximum Gasteiger partial charge on any atom is 0.456 e. The lowest BCUT2D eigenvalue weighted by Crippen LogP contribution is -2.45. The van der Waals surface area contributed by atoms with E-state index in [0.717, 1.165) is 7.11 Å². The second-order valence-electron chi connectivity index (χ2n) is 2.37. The van der Waals surface area contributed by atoms with Crippen LogP contribution in [0.2, 0.25) is 0 Å². The van der Waals surface area contributed by atoms with Gasteiger partial charge in [-0.25, -0.2) is 4.39 Å². The SMILES string of the molecule is COCCC(F)C(F)(F)C(F)(F)F. The Morgan fingerprint density at radius 2 is 1.62 bits per heavy atom. The van der Waals surface area contributed by atoms with Gasteiger partial charge in [-0.15, -0.1) is 0 Å². The third kappa shape index (κ3) is 3.06. The maximum absolute atomic E-state index is 12.3. The van der Waals surface area contributed by atoms with Gasteiger partial charge < -0.3 is 4.74 Å². The zero-order valence-corrected chi connectivity index (χ0v) is 6.67. The number of methoxy groups -OCH3 is 1. The van der Waals surface area contributed by atoms with E-state index in [0.29, 0.717) is 0 Å². The Morgan fingerprint density at radius 1 is 1.15 bits per heavy atom. The molecular formula is C6H8F6O. The van der Waals surface area contributed by atoms with Crippen molar-refractivity contribution in [1.82, 2.24) is 0 Å². The van der Waals surface area contributed by atoms with Gasteiger partial charge in [-0.3, -0.25) is 0 Å². The van der Waals surface area contributed by atoms with Crippen LogP contribution in [0.5, 0.6) is 0 Å². The van der Waals surface area contributed by atoms with E-state index in [-0.39, 0.29) is 0 Å². The zero-order valence-electron chi connectivity index (χ0n) is 6.67. The van der Waals surface area contributed by atoms with Crippen molar-refractivity contribution >= 4 is 0 Å². The van der Waals surface area contributed by atoms with Crippen LogP contribution < -0.4 is 0 Å². The molecule has 0 aromatic heterocycles. The second-order valence-corrected chi connectivity index (χ2v) is 2.37. The van der Waals surface area contributed by atoms with Gasteiger partial charge in [0.2, 0.25) is 0 Å². The lowest BCUT2D eigenvalue weighted by molar-refractivity contribution is -0.304. The lowest BCUT2D eigenvalue weighted by Gasteiger charge is -2.22. The highest BCUT2D eigenvalue weighted by atomic mass is 19.4. The first-order valence-corrected chi connectivity index (χ1v) is 3.31. The van der Waals surface area contributed by atoms with Gasteiger partial charge in [-0.05, 0) is 0 Å². The predicted molar refractivity (Wildman–Crippen MR) is 32.4 cm³/mol. The van der Waals surface area contributed by atoms with Crippen molar-refractivity contribution in [3.05, 3.63) is 0 Å². The average molecular weight is 210 g/mol. The lowest BCUT2D eigenvalue weighted by atomic mass is 10.1. The van der Waals surface area contributed by atoms with Crippen LogP contribution in [0.1, 0.15) is 6.42 Å². The predicted octanol–water partition coefficient (Wildman–Crippen LogP) is 2.56. The Hall–Kier alpha value is -0.460. The van der Waals surface area contributed by atoms with E-state index in [1.165, 1.54) is 0 Å². The second kappa shape index (κ2) is 4.17. The first kappa shape index (κ1) is 12.5. The molecule has 0 saturated heterocycles. The molecule has 0 aromatic rings. The fourth-order valence-corrected chi connectivity index (χ4v) is 0.580. The third-order valence-corrected chi connectivity index (χ3v) is 1.35. The van der Waals surface area contributed by atoms with Gasteiger partial charge in [0.05, 0.1) is 0 Å². The Kier molecular flexibility index (Phi) is 4.02. The molecule has 80 valence electrons. The summed E-state index contributed by atoms with van der Waals surface area (Å²) in [6, 6.07) is 0. The highest BCUT2D eigenvalue weighted by Crippen LogP contribution is 2.40. The van der Waals surface area contributed by atoms with Crippen molar-refractivity contribution in [2.75, 3.05) is 13.7 Å². The van der Waals surface area contributed by atoms with Gasteiger partial charge in [-0.2, -0.15) is 22.0 Å². The van der Waals surface area contributed by atoms with Crippen molar-refractivity contribution < 1.29 is 31.1 Å². The van der Waals surface area contributed by atoms with Gasteiger partial charge in [0.25, 0.3) is 0 Å². The number of alkyl halides is 6. The van der Waals surface area contributed by atoms with Crippen molar-refractivity contribution in [2.24, 2.45) is 0 Å². The molecule has 0 aliphatic heterocycles. The van der Waals surface area contributed by atoms with E-state index in [1.807, 2.05) is 0 Å². The number of hydrogen-bond donors (Lipinski definition) is 0. The molecule has 0 N–H and O–H groups in total. The van der Waals surface area contributed by atoms with Gasteiger partial charge >= 0.3 is 12.1 Å². The summed E-state index contributed by atoms with van der Waals surface area (Å²) in [6.45, 7) is -0.479. The minimum Gasteiger partial charge on any atom is -0.385 e. The van der Waals surface area contributed by atoms with E-state index >= 15 is 0 Å². The molecule has 13 heavy (non-hydrogen) atoms. The number of rotatable bonds is 4. The summed E-state index contributed by atoms with van der Waals surface area (Å²) in [4.78, 5) is 0. The minimum absolute atomic E-state index is 0.479. The van der Waals surface area contributed by atoms with Crippen LogP contribution in [0.3, 0.4) is 0 Å². The minimum atomic E-state index is -5.85. The fourth-order valence-electron chi connectivity index (χ4n) is 0.580. The largest absolute Gasteiger partial charge is 0.456 e. The highest BCUT2D eigenvalue weighted by molar-refractivity contribution is 4.84. The van der Waals surface area contributed by atoms with E-state index < -0.39 is 31.3 Å². The van der Waals surface area contributed by atoms with Crippen LogP contribution in [0, 0.1) is 0 Å². The Balaban J connectivity index is 4.27. The molecule has 0 saturated carbocycles. The molecule has 0 spiro atoms. The Morgan fingerprint density at radius 3 is 1.92 bits per heavy atom. The van der Waals surface area contributed by atoms with E-state index in [1.54, 1.807) is 0 Å². The molecule has 0 aliphatic rings. The number of hydrogen-bond acceptors (Lipinski definition) is 1. The van der Waals surface area contributed by atoms with Crippen molar-refractivity contribution in [3.63, 3.8) is 0 Å². The van der Waals surface area contributed by atoms with E-state index in [4.69, 9.17) is 0 Å². The summed E-state index contributed by atoms with van der Waals surface area (Å²) >= 11 is 0. The normalized spacial score (nSPS) is 15.9. The molecule has 0 radical (unpaired) electrons. The third-order valence-electron chi connectivity index (χ3n) is 1.35. The Labute approximate surface area is 70.7 Å². The summed E-state index contributed by atoms with van der Waals surface area (Å²) in [5, 5.41) is 0. The molecule has 7 heteroatoms. The first-order valence-electron chi connectivity index (χ1n) is 3.31. The highest BCUT2D eigenvalue weighted by Gasteiger charge is 2.62. The average Bonchev–Trinajstić information content (AvgIpc) is 1.97. The molecule has 0 aliphatic carbocycles. The number of ether oxygens (including phenoxy) is 1. The maximum atomic E-state index is 12.3. The van der Waals surface area contributed by atoms with Crippen LogP contribution in [-0.2, 0) is 4.74 Å². The Bertz CT molecular complexity index is 154. The summed E-state index contributed by atoms with van der Waals surface area (Å²) in [5.74, 6) is -5.30. The zero-order chi connectivity index (χ0) is 10.7. The molecule has 0 amide bonds. The topological polar surface area (TPSA) is 9.23 Å². The fraction of sp³-hybridized carbons (Fsp3) is 1.00. The first-order chi connectivity index (χ1) is 5.73. The standard InChI is InChI=1S/C6H8F6O/c1-13-3-2-4(7)5(8,9)6(10,11)12/h4H,2-3H2,1H3. The molecular weight excluding hydrogens is 202 g/mol. The molecule has 1 nitrogen and oxygen atoms in total. The van der Waals surface area contributed by atoms with Crippen molar-refractivity contribution in [1.29, 1.82) is 0 Å². The van der Waals surface area contributed by atoms with Crippen LogP contribution in [0.15, 0.2) is 0 Å². The molecule has 0 fully saturated rings. The van der Waals surface area contributed by atoms with Crippen molar-refractivity contribution in [3.8, 4) is 0 Å². The molecule has 0 aromatic carbocycles. The molecule has 0 heterocycles.